The molecule has 8 heteroatoms. The molecule has 1 aromatic heterocycles. The van der Waals surface area contributed by atoms with Gasteiger partial charge < -0.3 is 18.6 Å². The molecule has 0 N–H and O–H groups in total. The third kappa shape index (κ3) is 7.47. The van der Waals surface area contributed by atoms with Gasteiger partial charge in [-0.2, -0.15) is 0 Å². The van der Waals surface area contributed by atoms with Crippen LogP contribution in [0.5, 0.6) is 5.75 Å². The quantitative estimate of drug-likeness (QED) is 0.408. The van der Waals surface area contributed by atoms with Crippen LogP contribution in [-0.2, 0) is 27.1 Å². The summed E-state index contributed by atoms with van der Waals surface area (Å²) in [5.41, 5.74) is 1.41. The molecule has 0 bridgehead atoms. The molecule has 0 aliphatic rings. The summed E-state index contributed by atoms with van der Waals surface area (Å²) in [6, 6.07) is 9.76. The molecule has 0 saturated carbocycles. The van der Waals surface area contributed by atoms with Crippen LogP contribution in [0.15, 0.2) is 30.3 Å². The molecule has 1 heterocycles. The van der Waals surface area contributed by atoms with Crippen LogP contribution in [0.2, 0.25) is 18.1 Å². The molecule has 0 spiro atoms. The Balaban J connectivity index is 2.28. The van der Waals surface area contributed by atoms with Crippen LogP contribution in [0.3, 0.4) is 0 Å². The number of rotatable bonds is 10. The number of nitrogens with zero attached hydrogens (tertiary/aromatic N) is 3. The largest absolute Gasteiger partial charge is 0.491 e. The Kier molecular flexibility index (Phi) is 9.26. The first kappa shape index (κ1) is 25.1. The molecule has 0 saturated heterocycles. The maximum absolute atomic E-state index is 6.70. The predicted octanol–water partition coefficient (Wildman–Crippen LogP) is 3.89. The lowest BCUT2D eigenvalue weighted by Gasteiger charge is -2.39. The Morgan fingerprint density at radius 3 is 2.42 bits per heavy atom. The van der Waals surface area contributed by atoms with E-state index in [4.69, 9.17) is 18.6 Å². The molecule has 1 aromatic carbocycles. The van der Waals surface area contributed by atoms with Crippen molar-refractivity contribution in [3.63, 3.8) is 0 Å². The molecule has 0 radical (unpaired) electrons. The fourth-order valence-corrected chi connectivity index (χ4v) is 3.99. The summed E-state index contributed by atoms with van der Waals surface area (Å²) in [4.78, 5) is 0. The lowest BCUT2D eigenvalue weighted by atomic mass is 10.2. The molecule has 0 aliphatic heterocycles. The van der Waals surface area contributed by atoms with Crippen molar-refractivity contribution in [2.75, 3.05) is 27.4 Å². The van der Waals surface area contributed by atoms with E-state index in [2.05, 4.69) is 56.0 Å². The number of methoxy groups -OCH3 is 2. The van der Waals surface area contributed by atoms with Gasteiger partial charge in [-0.05, 0) is 36.2 Å². The van der Waals surface area contributed by atoms with Gasteiger partial charge in [0.15, 0.2) is 8.32 Å². The van der Waals surface area contributed by atoms with E-state index in [0.717, 1.165) is 5.75 Å². The maximum Gasteiger partial charge on any atom is 0.192 e. The number of aromatic nitrogens is 3. The Labute approximate surface area is 187 Å². The van der Waals surface area contributed by atoms with Gasteiger partial charge in [0, 0.05) is 14.2 Å². The minimum atomic E-state index is -2.04. The van der Waals surface area contributed by atoms with Gasteiger partial charge in [-0.15, -0.1) is 5.10 Å². The number of para-hydroxylation sites is 1. The third-order valence-electron chi connectivity index (χ3n) is 5.33. The topological polar surface area (TPSA) is 67.6 Å². The smallest absolute Gasteiger partial charge is 0.192 e. The zero-order chi connectivity index (χ0) is 22.9. The zero-order valence-electron chi connectivity index (χ0n) is 19.8. The van der Waals surface area contributed by atoms with Gasteiger partial charge in [-0.3, -0.25) is 0 Å². The van der Waals surface area contributed by atoms with Crippen molar-refractivity contribution in [1.29, 1.82) is 0 Å². The van der Waals surface area contributed by atoms with Crippen LogP contribution in [-0.4, -0.2) is 56.8 Å². The van der Waals surface area contributed by atoms with Gasteiger partial charge >= 0.3 is 0 Å². The summed E-state index contributed by atoms with van der Waals surface area (Å²) in [6.45, 7) is 12.7. The van der Waals surface area contributed by atoms with Crippen LogP contribution in [0.1, 0.15) is 32.2 Å². The molecule has 31 heavy (non-hydrogen) atoms. The Bertz CT molecular complexity index is 866. The van der Waals surface area contributed by atoms with Crippen LogP contribution in [0, 0.1) is 11.8 Å². The Hall–Kier alpha value is -2.18. The highest BCUT2D eigenvalue weighted by molar-refractivity contribution is 6.74. The summed E-state index contributed by atoms with van der Waals surface area (Å²) < 4.78 is 24.8. The normalized spacial score (nSPS) is 12.9. The van der Waals surface area contributed by atoms with Gasteiger partial charge in [-0.1, -0.05) is 50.1 Å². The van der Waals surface area contributed by atoms with Crippen molar-refractivity contribution < 1.29 is 18.6 Å². The molecule has 0 aliphatic carbocycles. The Morgan fingerprint density at radius 2 is 1.81 bits per heavy atom. The highest BCUT2D eigenvalue weighted by atomic mass is 28.4. The molecule has 7 nitrogen and oxygen atoms in total. The van der Waals surface area contributed by atoms with Crippen molar-refractivity contribution in [2.24, 2.45) is 0 Å². The maximum atomic E-state index is 6.70. The van der Waals surface area contributed by atoms with Crippen LogP contribution in [0.25, 0.3) is 0 Å². The van der Waals surface area contributed by atoms with Crippen LogP contribution in [0.4, 0.5) is 0 Å². The highest BCUT2D eigenvalue weighted by Gasteiger charge is 2.39. The summed E-state index contributed by atoms with van der Waals surface area (Å²) in [5, 5.41) is 8.66. The molecule has 0 fully saturated rings. The summed E-state index contributed by atoms with van der Waals surface area (Å²) in [7, 11) is 1.20. The first-order chi connectivity index (χ1) is 14.7. The second kappa shape index (κ2) is 11.4. The molecule has 170 valence electrons. The van der Waals surface area contributed by atoms with E-state index in [1.54, 1.807) is 18.9 Å². The fourth-order valence-electron chi connectivity index (χ4n) is 2.66. The van der Waals surface area contributed by atoms with Crippen molar-refractivity contribution >= 4 is 8.32 Å². The van der Waals surface area contributed by atoms with E-state index in [1.807, 2.05) is 30.3 Å². The Morgan fingerprint density at radius 1 is 1.10 bits per heavy atom. The molecule has 2 rings (SSSR count). The van der Waals surface area contributed by atoms with Gasteiger partial charge in [0.1, 0.15) is 30.4 Å². The van der Waals surface area contributed by atoms with Gasteiger partial charge in [0.25, 0.3) is 0 Å². The fraction of sp³-hybridized carbons (Fsp3) is 0.565. The average Bonchev–Trinajstić information content (AvgIpc) is 3.08. The summed E-state index contributed by atoms with van der Waals surface area (Å²) >= 11 is 0. The first-order valence-corrected chi connectivity index (χ1v) is 13.3. The second-order valence-corrected chi connectivity index (χ2v) is 13.6. The second-order valence-electron chi connectivity index (χ2n) is 8.86. The van der Waals surface area contributed by atoms with Crippen molar-refractivity contribution in [3.8, 4) is 17.6 Å². The van der Waals surface area contributed by atoms with Crippen LogP contribution >= 0.6 is 0 Å². The molecule has 1 atom stereocenters. The predicted molar refractivity (Wildman–Crippen MR) is 123 cm³/mol. The zero-order valence-corrected chi connectivity index (χ0v) is 20.8. The molecule has 2 aromatic rings. The number of ether oxygens (including phenoxy) is 3. The number of hydrogen-bond acceptors (Lipinski definition) is 6. The first-order valence-electron chi connectivity index (χ1n) is 10.4. The third-order valence-corrected chi connectivity index (χ3v) is 9.87. The molecular formula is C23H35N3O4Si. The summed E-state index contributed by atoms with van der Waals surface area (Å²) in [6.07, 6.45) is -0.207. The van der Waals surface area contributed by atoms with Gasteiger partial charge in [0.2, 0.25) is 0 Å². The molecule has 1 unspecified atom stereocenters. The minimum Gasteiger partial charge on any atom is -0.491 e. The lowest BCUT2D eigenvalue weighted by Crippen LogP contribution is -2.46. The monoisotopic (exact) mass is 445 g/mol. The van der Waals surface area contributed by atoms with Crippen molar-refractivity contribution in [1.82, 2.24) is 15.0 Å². The minimum absolute atomic E-state index is 0.0721. The van der Waals surface area contributed by atoms with Gasteiger partial charge in [-0.25, -0.2) is 4.68 Å². The summed E-state index contributed by atoms with van der Waals surface area (Å²) in [5.74, 6) is 6.92. The highest BCUT2D eigenvalue weighted by Crippen LogP contribution is 2.37. The van der Waals surface area contributed by atoms with E-state index in [0.29, 0.717) is 37.8 Å². The van der Waals surface area contributed by atoms with E-state index >= 15 is 0 Å². The standard InChI is InChI=1S/C23H35N3O4Si/c1-23(2,3)31(6,7)30-20(17-29-19-12-9-8-10-13-19)16-26-22(14-11-15-27-4)21(18-28-5)24-25-26/h8-10,12-13,20H,15-18H2,1-7H3. The average molecular weight is 446 g/mol. The van der Waals surface area contributed by atoms with E-state index < -0.39 is 8.32 Å². The van der Waals surface area contributed by atoms with E-state index in [-0.39, 0.29) is 11.1 Å². The number of hydrogen-bond donors (Lipinski definition) is 0. The van der Waals surface area contributed by atoms with Crippen molar-refractivity contribution in [3.05, 3.63) is 41.7 Å². The van der Waals surface area contributed by atoms with E-state index in [1.165, 1.54) is 0 Å². The van der Waals surface area contributed by atoms with Crippen molar-refractivity contribution in [2.45, 2.75) is 58.2 Å². The lowest BCUT2D eigenvalue weighted by molar-refractivity contribution is 0.0964. The number of benzene rings is 1. The SMILES string of the molecule is COCC#Cc1c(COC)nnn1CC(COc1ccccc1)O[Si](C)(C)C(C)(C)C. The van der Waals surface area contributed by atoms with Crippen LogP contribution < -0.4 is 4.74 Å². The van der Waals surface area contributed by atoms with E-state index in [9.17, 15) is 0 Å². The van der Waals surface area contributed by atoms with Gasteiger partial charge in [0.05, 0.1) is 19.3 Å². The molecule has 0 amide bonds. The molecular weight excluding hydrogens is 410 g/mol.